The zero-order chi connectivity index (χ0) is 65.5. The van der Waals surface area contributed by atoms with Crippen LogP contribution in [0.5, 0.6) is 34.5 Å². The molecule has 12 aromatic carbocycles. The Kier molecular flexibility index (Phi) is 27.1. The van der Waals surface area contributed by atoms with Gasteiger partial charge in [0.05, 0.1) is 48.4 Å². The summed E-state index contributed by atoms with van der Waals surface area (Å²) in [7, 11) is -8.77. The normalized spacial score (nSPS) is 12.1. The maximum atomic E-state index is 13.0. The molecule has 0 aromatic heterocycles. The summed E-state index contributed by atoms with van der Waals surface area (Å²) < 4.78 is 0. The standard InChI is InChI=1S/3C26H30O2Si2.3K.La/c3*1-29(2,3)19-9-11-21-17(15-19)7-13-23(27)25(21)26-22-12-10-20(30(4,5)6)16-18(22)8-14-24(26)28;;;;/h3*7-16,27-28H,1-6H3;;;;/q;;;3*+1;/p-3. The van der Waals surface area contributed by atoms with Gasteiger partial charge in [-0.25, -0.2) is 0 Å². The Balaban J connectivity index is 0.000000219. The molecule has 0 bridgehead atoms. The van der Waals surface area contributed by atoms with Crippen molar-refractivity contribution in [3.63, 3.8) is 0 Å². The largest absolute Gasteiger partial charge is 1.00 e. The first-order valence-corrected chi connectivity index (χ1v) is 52.4. The van der Waals surface area contributed by atoms with Crippen molar-refractivity contribution in [1.82, 2.24) is 0 Å². The predicted octanol–water partition coefficient (Wildman–Crippen LogP) is 7.60. The molecule has 12 aromatic rings. The fraction of sp³-hybridized carbons (Fsp3) is 0.231. The van der Waals surface area contributed by atoms with Gasteiger partial charge in [-0.2, -0.15) is 0 Å². The van der Waals surface area contributed by atoms with Crippen LogP contribution in [0.15, 0.2) is 182 Å². The molecule has 0 aliphatic carbocycles. The van der Waals surface area contributed by atoms with Crippen LogP contribution in [0, 0.1) is 35.6 Å². The molecule has 0 saturated carbocycles. The Bertz CT molecular complexity index is 4040. The Morgan fingerprint density at radius 3 is 0.521 bits per heavy atom. The second-order valence-electron chi connectivity index (χ2n) is 30.8. The van der Waals surface area contributed by atoms with Crippen molar-refractivity contribution in [3.05, 3.63) is 182 Å². The van der Waals surface area contributed by atoms with Crippen molar-refractivity contribution in [2.75, 3.05) is 0 Å². The van der Waals surface area contributed by atoms with E-state index in [1.54, 1.807) is 36.4 Å². The number of hydrogen-bond acceptors (Lipinski definition) is 6. The summed E-state index contributed by atoms with van der Waals surface area (Å²) in [6.45, 7) is 41.8. The molecule has 0 fully saturated rings. The van der Waals surface area contributed by atoms with Gasteiger partial charge in [0.15, 0.2) is 0 Å². The quantitative estimate of drug-likeness (QED) is 0.128. The van der Waals surface area contributed by atoms with Crippen molar-refractivity contribution in [2.45, 2.75) is 118 Å². The summed E-state index contributed by atoms with van der Waals surface area (Å²) in [5.41, 5.74) is 3.72. The van der Waals surface area contributed by atoms with Gasteiger partial charge >= 0.3 is 154 Å². The first-order chi connectivity index (χ1) is 41.9. The third kappa shape index (κ3) is 17.6. The first-order valence-electron chi connectivity index (χ1n) is 31.4. The molecule has 0 saturated heterocycles. The number of benzene rings is 12. The Morgan fingerprint density at radius 2 is 0.362 bits per heavy atom. The molecule has 1 radical (unpaired) electrons. The van der Waals surface area contributed by atoms with Crippen LogP contribution in [0.2, 0.25) is 118 Å². The fourth-order valence-corrected chi connectivity index (χ4v) is 19.3. The van der Waals surface area contributed by atoms with E-state index in [-0.39, 0.29) is 224 Å². The first kappa shape index (κ1) is 81.4. The zero-order valence-corrected chi connectivity index (χ0v) is 78.5. The number of phenols is 3. The van der Waals surface area contributed by atoms with Gasteiger partial charge in [-0.3, -0.25) is 0 Å². The zero-order valence-electron chi connectivity index (χ0n) is 59.5. The van der Waals surface area contributed by atoms with Gasteiger partial charge in [0.2, 0.25) is 0 Å². The maximum absolute atomic E-state index is 13.0. The minimum atomic E-state index is -1.46. The van der Waals surface area contributed by atoms with Crippen molar-refractivity contribution < 1.29 is 220 Å². The van der Waals surface area contributed by atoms with Crippen LogP contribution in [-0.2, 0) is 0 Å². The molecular formula is C78H87K3LaO6Si6. The summed E-state index contributed by atoms with van der Waals surface area (Å²) in [5.74, 6) is 0.298. The number of hydrogen-bond donors (Lipinski definition) is 3. The van der Waals surface area contributed by atoms with Crippen LogP contribution in [-0.4, -0.2) is 63.8 Å². The number of rotatable bonds is 9. The molecule has 12 rings (SSSR count). The van der Waals surface area contributed by atoms with Crippen molar-refractivity contribution in [1.29, 1.82) is 0 Å². The molecule has 0 atom stereocenters. The minimum absolute atomic E-state index is 0. The van der Waals surface area contributed by atoms with E-state index in [1.165, 1.54) is 31.1 Å². The van der Waals surface area contributed by atoms with E-state index in [2.05, 4.69) is 227 Å². The SMILES string of the molecule is C[Si](C)(C)c1ccc2c(-c3c(O)ccc4cc([Si](C)(C)C)ccc34)c([O-])ccc2c1.C[Si](C)(C)c1ccc2c(-c3c(O)ccc4cc([Si](C)(C)C)ccc34)c([O-])ccc2c1.C[Si](C)(C)c1ccc2c(-c3c(O)ccc4cc([Si](C)(C)C)ccc34)c([O-])ccc2c1.[K+].[K+].[K+].[La]. The number of aromatic hydroxyl groups is 3. The molecule has 0 unspecified atom stereocenters. The second kappa shape index (κ2) is 31.3. The van der Waals surface area contributed by atoms with Gasteiger partial charge in [-0.15, -0.1) is 17.2 Å². The molecule has 3 N–H and O–H groups in total. The van der Waals surface area contributed by atoms with E-state index in [0.717, 1.165) is 64.6 Å². The number of phenolic OH excluding ortho intramolecular Hbond substituents is 3. The molecular weight excluding hydrogens is 1460 g/mol. The minimum Gasteiger partial charge on any atom is -0.872 e. The van der Waals surface area contributed by atoms with Crippen LogP contribution in [0.3, 0.4) is 0 Å². The van der Waals surface area contributed by atoms with Gasteiger partial charge in [-0.05, 0) is 99.5 Å². The average Bonchev–Trinajstić information content (AvgIpc) is 0.765. The monoisotopic (exact) mass is 1540 g/mol. The van der Waals surface area contributed by atoms with Crippen LogP contribution in [0.4, 0.5) is 0 Å². The van der Waals surface area contributed by atoms with Crippen LogP contribution < -0.4 is 201 Å². The van der Waals surface area contributed by atoms with Gasteiger partial charge in [0, 0.05) is 52.3 Å². The molecule has 94 heavy (non-hydrogen) atoms. The topological polar surface area (TPSA) is 130 Å². The molecule has 0 heterocycles. The second-order valence-corrected chi connectivity index (χ2v) is 61.3. The maximum Gasteiger partial charge on any atom is 1.00 e. The molecule has 0 aliphatic heterocycles. The van der Waals surface area contributed by atoms with Gasteiger partial charge < -0.3 is 30.6 Å². The third-order valence-corrected chi connectivity index (χ3v) is 30.1. The van der Waals surface area contributed by atoms with E-state index in [0.29, 0.717) is 33.4 Å². The van der Waals surface area contributed by atoms with E-state index in [9.17, 15) is 30.6 Å². The predicted molar refractivity (Wildman–Crippen MR) is 402 cm³/mol. The molecule has 16 heteroatoms. The molecule has 6 nitrogen and oxygen atoms in total. The van der Waals surface area contributed by atoms with Gasteiger partial charge in [0.1, 0.15) is 17.2 Å². The van der Waals surface area contributed by atoms with E-state index < -0.39 is 48.4 Å². The summed E-state index contributed by atoms with van der Waals surface area (Å²) in [4.78, 5) is 0. The third-order valence-electron chi connectivity index (χ3n) is 17.9. The Labute approximate surface area is 719 Å². The Morgan fingerprint density at radius 1 is 0.213 bits per heavy atom. The van der Waals surface area contributed by atoms with Gasteiger partial charge in [-0.1, -0.05) is 313 Å². The molecule has 465 valence electrons. The van der Waals surface area contributed by atoms with Crippen molar-refractivity contribution >= 4 is 144 Å². The molecule has 0 aliphatic rings. The summed E-state index contributed by atoms with van der Waals surface area (Å²) >= 11 is 0. The average molecular weight is 1550 g/mol. The fourth-order valence-electron chi connectivity index (χ4n) is 12.2. The van der Waals surface area contributed by atoms with Crippen molar-refractivity contribution in [3.8, 4) is 67.9 Å². The van der Waals surface area contributed by atoms with Gasteiger partial charge in [0.25, 0.3) is 0 Å². The number of fused-ring (bicyclic) bond motifs is 6. The van der Waals surface area contributed by atoms with Crippen molar-refractivity contribution in [2.24, 2.45) is 0 Å². The van der Waals surface area contributed by atoms with E-state index in [1.807, 2.05) is 36.4 Å². The van der Waals surface area contributed by atoms with E-state index >= 15 is 0 Å². The molecule has 0 spiro atoms. The smallest absolute Gasteiger partial charge is 0.872 e. The summed E-state index contributed by atoms with van der Waals surface area (Å²) in [6.07, 6.45) is 0. The van der Waals surface area contributed by atoms with E-state index in [4.69, 9.17) is 0 Å². The Hall–Kier alpha value is -1.59. The molecule has 0 amide bonds. The summed E-state index contributed by atoms with van der Waals surface area (Å²) in [6, 6.07) is 60.4. The van der Waals surface area contributed by atoms with Crippen LogP contribution in [0.1, 0.15) is 0 Å². The van der Waals surface area contributed by atoms with Crippen LogP contribution >= 0.6 is 0 Å². The summed E-state index contributed by atoms with van der Waals surface area (Å²) in [5, 5.41) is 91.7. The van der Waals surface area contributed by atoms with Crippen LogP contribution in [0.25, 0.3) is 98.0 Å².